The van der Waals surface area contributed by atoms with Crippen molar-refractivity contribution >= 4 is 27.5 Å². The molecule has 0 saturated carbocycles. The Morgan fingerprint density at radius 3 is 2.67 bits per heavy atom. The summed E-state index contributed by atoms with van der Waals surface area (Å²) >= 11 is 8.97. The normalized spacial score (nSPS) is 10.4. The third-order valence-electron chi connectivity index (χ3n) is 2.31. The Morgan fingerprint density at radius 1 is 1.22 bits per heavy atom. The summed E-state index contributed by atoms with van der Waals surface area (Å²) in [5.74, 6) is 0.420. The van der Waals surface area contributed by atoms with Crippen LogP contribution in [0.4, 0.5) is 4.39 Å². The molecule has 0 heterocycles. The van der Waals surface area contributed by atoms with Gasteiger partial charge in [-0.3, -0.25) is 0 Å². The fourth-order valence-electron chi connectivity index (χ4n) is 1.44. The van der Waals surface area contributed by atoms with Crippen LogP contribution in [0.1, 0.15) is 5.56 Å². The summed E-state index contributed by atoms with van der Waals surface area (Å²) in [5, 5.41) is 9.23. The van der Waals surface area contributed by atoms with Crippen LogP contribution in [0.25, 0.3) is 0 Å². The van der Waals surface area contributed by atoms with Gasteiger partial charge < -0.3 is 9.84 Å². The highest BCUT2D eigenvalue weighted by atomic mass is 79.9. The van der Waals surface area contributed by atoms with Crippen molar-refractivity contribution in [3.05, 3.63) is 57.3 Å². The predicted octanol–water partition coefficient (Wildman–Crippen LogP) is 4.53. The van der Waals surface area contributed by atoms with E-state index in [9.17, 15) is 9.50 Å². The largest absolute Gasteiger partial charge is 0.457 e. The van der Waals surface area contributed by atoms with Gasteiger partial charge in [-0.1, -0.05) is 27.5 Å². The quantitative estimate of drug-likeness (QED) is 0.895. The minimum Gasteiger partial charge on any atom is -0.457 e. The van der Waals surface area contributed by atoms with Crippen molar-refractivity contribution in [3.8, 4) is 11.5 Å². The summed E-state index contributed by atoms with van der Waals surface area (Å²) in [6, 6.07) is 9.35. The van der Waals surface area contributed by atoms with Crippen LogP contribution >= 0.6 is 27.5 Å². The van der Waals surface area contributed by atoms with Gasteiger partial charge in [0.2, 0.25) is 0 Å². The molecule has 1 N–H and O–H groups in total. The first-order valence-electron chi connectivity index (χ1n) is 5.12. The van der Waals surface area contributed by atoms with Crippen molar-refractivity contribution in [1.29, 1.82) is 0 Å². The lowest BCUT2D eigenvalue weighted by atomic mass is 10.2. The van der Waals surface area contributed by atoms with Crippen molar-refractivity contribution in [2.45, 2.75) is 6.61 Å². The van der Waals surface area contributed by atoms with E-state index in [1.165, 1.54) is 18.2 Å². The average molecular weight is 332 g/mol. The Hall–Kier alpha value is -1.10. The molecule has 18 heavy (non-hydrogen) atoms. The van der Waals surface area contributed by atoms with Crippen molar-refractivity contribution in [1.82, 2.24) is 0 Å². The zero-order valence-electron chi connectivity index (χ0n) is 9.16. The molecule has 0 unspecified atom stereocenters. The van der Waals surface area contributed by atoms with Gasteiger partial charge in [-0.15, -0.1) is 0 Å². The number of rotatable bonds is 3. The van der Waals surface area contributed by atoms with Crippen LogP contribution in [0.5, 0.6) is 11.5 Å². The number of hydrogen-bond acceptors (Lipinski definition) is 2. The number of halogens is 3. The first-order valence-corrected chi connectivity index (χ1v) is 6.29. The number of aliphatic hydroxyl groups excluding tert-OH is 1. The van der Waals surface area contributed by atoms with E-state index in [1.54, 1.807) is 18.2 Å². The molecule has 0 amide bonds. The molecule has 0 atom stereocenters. The molecule has 5 heteroatoms. The van der Waals surface area contributed by atoms with Crippen molar-refractivity contribution < 1.29 is 14.2 Å². The summed E-state index contributed by atoms with van der Waals surface area (Å²) in [4.78, 5) is 0. The van der Waals surface area contributed by atoms with Gasteiger partial charge in [0.05, 0.1) is 11.6 Å². The summed E-state index contributed by atoms with van der Waals surface area (Å²) < 4.78 is 19.4. The molecule has 0 aliphatic carbocycles. The van der Waals surface area contributed by atoms with Crippen LogP contribution in [0.15, 0.2) is 40.9 Å². The summed E-state index contributed by atoms with van der Waals surface area (Å²) in [6.07, 6.45) is 0. The standard InChI is InChI=1S/C13H9BrClFO2/c14-9-1-4-13(8(5-9)7-17)18-10-2-3-12(16)11(15)6-10/h1-6,17H,7H2. The number of ether oxygens (including phenoxy) is 1. The molecule has 2 aromatic carbocycles. The van der Waals surface area contributed by atoms with Gasteiger partial charge in [0.25, 0.3) is 0 Å². The predicted molar refractivity (Wildman–Crippen MR) is 71.5 cm³/mol. The Kier molecular flexibility index (Phi) is 4.22. The van der Waals surface area contributed by atoms with Gasteiger partial charge in [0.1, 0.15) is 17.3 Å². The molecule has 0 aliphatic heterocycles. The van der Waals surface area contributed by atoms with Crippen LogP contribution in [-0.2, 0) is 6.61 Å². The molecular weight excluding hydrogens is 322 g/mol. The highest BCUT2D eigenvalue weighted by Gasteiger charge is 2.07. The van der Waals surface area contributed by atoms with Crippen molar-refractivity contribution in [3.63, 3.8) is 0 Å². The van der Waals surface area contributed by atoms with E-state index >= 15 is 0 Å². The van der Waals surface area contributed by atoms with Gasteiger partial charge >= 0.3 is 0 Å². The van der Waals surface area contributed by atoms with Crippen LogP contribution in [0.3, 0.4) is 0 Å². The number of aliphatic hydroxyl groups is 1. The van der Waals surface area contributed by atoms with Crippen LogP contribution < -0.4 is 4.74 Å². The molecule has 0 saturated heterocycles. The topological polar surface area (TPSA) is 29.5 Å². The fourth-order valence-corrected chi connectivity index (χ4v) is 2.02. The van der Waals surface area contributed by atoms with Crippen molar-refractivity contribution in [2.75, 3.05) is 0 Å². The minimum atomic E-state index is -0.498. The first-order chi connectivity index (χ1) is 8.60. The SMILES string of the molecule is OCc1cc(Br)ccc1Oc1ccc(F)c(Cl)c1. The molecule has 0 aromatic heterocycles. The maximum atomic E-state index is 13.0. The summed E-state index contributed by atoms with van der Waals surface area (Å²) in [5.41, 5.74) is 0.629. The smallest absolute Gasteiger partial charge is 0.142 e. The first kappa shape index (κ1) is 13.3. The van der Waals surface area contributed by atoms with Crippen molar-refractivity contribution in [2.24, 2.45) is 0 Å². The van der Waals surface area contributed by atoms with Gasteiger partial charge in [-0.05, 0) is 30.3 Å². The van der Waals surface area contributed by atoms with E-state index < -0.39 is 5.82 Å². The van der Waals surface area contributed by atoms with Gasteiger partial charge in [0, 0.05) is 16.1 Å². The van der Waals surface area contributed by atoms with Crippen LogP contribution in [-0.4, -0.2) is 5.11 Å². The molecule has 94 valence electrons. The maximum absolute atomic E-state index is 13.0. The minimum absolute atomic E-state index is 0.00448. The van der Waals surface area contributed by atoms with E-state index in [4.69, 9.17) is 16.3 Å². The van der Waals surface area contributed by atoms with Crippen LogP contribution in [0.2, 0.25) is 5.02 Å². The van der Waals surface area contributed by atoms with E-state index in [2.05, 4.69) is 15.9 Å². The monoisotopic (exact) mass is 330 g/mol. The third-order valence-corrected chi connectivity index (χ3v) is 3.09. The second-order valence-corrected chi connectivity index (χ2v) is 4.91. The van der Waals surface area contributed by atoms with E-state index in [0.29, 0.717) is 17.1 Å². The molecule has 0 bridgehead atoms. The molecule has 0 fully saturated rings. The Balaban J connectivity index is 2.30. The van der Waals surface area contributed by atoms with E-state index in [1.807, 2.05) is 0 Å². The van der Waals surface area contributed by atoms with Gasteiger partial charge in [-0.2, -0.15) is 0 Å². The highest BCUT2D eigenvalue weighted by molar-refractivity contribution is 9.10. The zero-order chi connectivity index (χ0) is 13.1. The number of benzene rings is 2. The molecule has 2 rings (SSSR count). The Labute approximate surface area is 117 Å². The molecule has 2 aromatic rings. The summed E-state index contributed by atoms with van der Waals surface area (Å²) in [7, 11) is 0. The molecule has 0 radical (unpaired) electrons. The van der Waals surface area contributed by atoms with E-state index in [-0.39, 0.29) is 11.6 Å². The lowest BCUT2D eigenvalue weighted by Gasteiger charge is -2.10. The average Bonchev–Trinajstić information content (AvgIpc) is 2.36. The Morgan fingerprint density at radius 2 is 2.00 bits per heavy atom. The van der Waals surface area contributed by atoms with Gasteiger partial charge in [0.15, 0.2) is 0 Å². The second kappa shape index (κ2) is 5.69. The number of hydrogen-bond donors (Lipinski definition) is 1. The molecular formula is C13H9BrClFO2. The third kappa shape index (κ3) is 3.02. The maximum Gasteiger partial charge on any atom is 0.142 e. The molecule has 0 spiro atoms. The molecule has 2 nitrogen and oxygen atoms in total. The Bertz CT molecular complexity index is 575. The highest BCUT2D eigenvalue weighted by Crippen LogP contribution is 2.30. The lowest BCUT2D eigenvalue weighted by molar-refractivity contribution is 0.276. The fraction of sp³-hybridized carbons (Fsp3) is 0.0769. The van der Waals surface area contributed by atoms with Crippen LogP contribution in [0, 0.1) is 5.82 Å². The lowest BCUT2D eigenvalue weighted by Crippen LogP contribution is -1.92. The van der Waals surface area contributed by atoms with Gasteiger partial charge in [-0.25, -0.2) is 4.39 Å². The van der Waals surface area contributed by atoms with E-state index in [0.717, 1.165) is 4.47 Å². The zero-order valence-corrected chi connectivity index (χ0v) is 11.5. The summed E-state index contributed by atoms with van der Waals surface area (Å²) in [6.45, 7) is -0.149. The molecule has 0 aliphatic rings. The second-order valence-electron chi connectivity index (χ2n) is 3.59.